The number of nitrogens with zero attached hydrogens (tertiary/aromatic N) is 6. The van der Waals surface area contributed by atoms with Crippen LogP contribution in [0.5, 0.6) is 0 Å². The molecular weight excluding hydrogens is 444 g/mol. The van der Waals surface area contributed by atoms with Gasteiger partial charge >= 0.3 is 0 Å². The van der Waals surface area contributed by atoms with Crippen molar-refractivity contribution in [1.29, 1.82) is 0 Å². The predicted octanol–water partition coefficient (Wildman–Crippen LogP) is 3.27. The Balaban J connectivity index is 1.43. The van der Waals surface area contributed by atoms with Crippen molar-refractivity contribution < 1.29 is 0 Å². The lowest BCUT2D eigenvalue weighted by Crippen LogP contribution is -2.44. The fraction of sp³-hybridized carbons (Fsp3) is 0.238. The van der Waals surface area contributed by atoms with Crippen LogP contribution in [0.25, 0.3) is 16.6 Å². The van der Waals surface area contributed by atoms with Gasteiger partial charge in [0.05, 0.1) is 17.4 Å². The third kappa shape index (κ3) is 3.01. The Morgan fingerprint density at radius 2 is 2.07 bits per heavy atom. The number of nitrogens with one attached hydrogen (secondary N) is 2. The van der Waals surface area contributed by atoms with Crippen LogP contribution in [0.15, 0.2) is 59.6 Å². The fourth-order valence-corrected chi connectivity index (χ4v) is 4.75. The van der Waals surface area contributed by atoms with Crippen molar-refractivity contribution in [1.82, 2.24) is 30.0 Å². The SMILES string of the molecule is Brc1ccc2c(Nc3cnccn3)nn(-c3ccnc(N4C[C@@H]5C[C@H]4CN5)c3)c2c1. The number of hydrogen-bond acceptors (Lipinski definition) is 7. The molecule has 150 valence electrons. The van der Waals surface area contributed by atoms with Crippen LogP contribution in [0.4, 0.5) is 17.5 Å². The van der Waals surface area contributed by atoms with Gasteiger partial charge in [0, 0.05) is 59.7 Å². The van der Waals surface area contributed by atoms with E-state index in [9.17, 15) is 0 Å². The van der Waals surface area contributed by atoms with Crippen LogP contribution in [-0.4, -0.2) is 49.9 Å². The third-order valence-electron chi connectivity index (χ3n) is 5.78. The van der Waals surface area contributed by atoms with Crippen LogP contribution in [-0.2, 0) is 0 Å². The van der Waals surface area contributed by atoms with Crippen molar-refractivity contribution in [2.75, 3.05) is 23.3 Å². The molecule has 0 radical (unpaired) electrons. The number of fused-ring (bicyclic) bond motifs is 3. The van der Waals surface area contributed by atoms with Gasteiger partial charge in [-0.3, -0.25) is 4.98 Å². The molecule has 0 saturated carbocycles. The number of piperazine rings is 1. The van der Waals surface area contributed by atoms with Crippen LogP contribution in [0.3, 0.4) is 0 Å². The Morgan fingerprint density at radius 3 is 2.87 bits per heavy atom. The van der Waals surface area contributed by atoms with Crippen LogP contribution in [0, 0.1) is 0 Å². The summed E-state index contributed by atoms with van der Waals surface area (Å²) in [4.78, 5) is 15.5. The van der Waals surface area contributed by atoms with E-state index in [2.05, 4.69) is 64.6 Å². The van der Waals surface area contributed by atoms with E-state index < -0.39 is 0 Å². The molecule has 0 amide bonds. The Hall–Kier alpha value is -3.04. The second-order valence-corrected chi connectivity index (χ2v) is 8.57. The normalized spacial score (nSPS) is 20.2. The average molecular weight is 463 g/mol. The summed E-state index contributed by atoms with van der Waals surface area (Å²) in [6.45, 7) is 2.03. The van der Waals surface area contributed by atoms with Crippen LogP contribution in [0.2, 0.25) is 0 Å². The first-order valence-corrected chi connectivity index (χ1v) is 10.7. The minimum absolute atomic E-state index is 0.523. The van der Waals surface area contributed by atoms with Gasteiger partial charge in [-0.25, -0.2) is 14.6 Å². The number of aromatic nitrogens is 5. The summed E-state index contributed by atoms with van der Waals surface area (Å²) in [5, 5.41) is 12.7. The maximum Gasteiger partial charge on any atom is 0.162 e. The third-order valence-corrected chi connectivity index (χ3v) is 6.27. The molecule has 2 aliphatic heterocycles. The molecule has 5 heterocycles. The molecule has 6 rings (SSSR count). The van der Waals surface area contributed by atoms with Gasteiger partial charge in [0.1, 0.15) is 11.6 Å². The number of benzene rings is 1. The first-order chi connectivity index (χ1) is 14.7. The first-order valence-electron chi connectivity index (χ1n) is 9.92. The van der Waals surface area contributed by atoms with Gasteiger partial charge < -0.3 is 15.5 Å². The van der Waals surface area contributed by atoms with Gasteiger partial charge in [-0.1, -0.05) is 15.9 Å². The molecule has 2 N–H and O–H groups in total. The zero-order valence-electron chi connectivity index (χ0n) is 16.0. The van der Waals surface area contributed by atoms with Gasteiger partial charge in [0.2, 0.25) is 0 Å². The molecule has 0 spiro atoms. The zero-order chi connectivity index (χ0) is 20.1. The number of pyridine rings is 1. The second kappa shape index (κ2) is 7.03. The molecule has 2 bridgehead atoms. The Kier molecular flexibility index (Phi) is 4.17. The fourth-order valence-electron chi connectivity index (χ4n) is 4.40. The molecule has 2 aliphatic rings. The summed E-state index contributed by atoms with van der Waals surface area (Å²) in [5.74, 6) is 2.40. The van der Waals surface area contributed by atoms with E-state index in [4.69, 9.17) is 5.10 Å². The molecule has 4 aromatic rings. The molecule has 9 heteroatoms. The van der Waals surface area contributed by atoms with Crippen LogP contribution in [0.1, 0.15) is 6.42 Å². The Bertz CT molecular complexity index is 1220. The van der Waals surface area contributed by atoms with Gasteiger partial charge in [-0.15, -0.1) is 5.10 Å². The van der Waals surface area contributed by atoms with Crippen LogP contribution < -0.4 is 15.5 Å². The summed E-state index contributed by atoms with van der Waals surface area (Å²) in [6, 6.07) is 11.4. The first kappa shape index (κ1) is 17.8. The summed E-state index contributed by atoms with van der Waals surface area (Å²) < 4.78 is 2.95. The van der Waals surface area contributed by atoms with Gasteiger partial charge in [0.25, 0.3) is 0 Å². The molecule has 2 saturated heterocycles. The minimum Gasteiger partial charge on any atom is -0.351 e. The highest BCUT2D eigenvalue weighted by Gasteiger charge is 2.38. The van der Waals surface area contributed by atoms with Crippen molar-refractivity contribution in [3.63, 3.8) is 0 Å². The predicted molar refractivity (Wildman–Crippen MR) is 119 cm³/mol. The number of rotatable bonds is 4. The van der Waals surface area contributed by atoms with E-state index in [1.54, 1.807) is 18.6 Å². The van der Waals surface area contributed by atoms with Crippen LogP contribution >= 0.6 is 15.9 Å². The van der Waals surface area contributed by atoms with Crippen molar-refractivity contribution in [3.05, 3.63) is 59.6 Å². The largest absolute Gasteiger partial charge is 0.351 e. The van der Waals surface area contributed by atoms with E-state index >= 15 is 0 Å². The molecule has 1 aromatic carbocycles. The monoisotopic (exact) mass is 462 g/mol. The standard InChI is InChI=1S/C21H19BrN8/c22-13-1-2-17-18(7-13)30(28-21(17)27-19-11-23-5-6-24-19)15-3-4-25-20(9-15)29-12-14-8-16(29)10-26-14/h1-7,9,11,14,16,26H,8,10,12H2,(H,24,27,28)/t14-,16-/m0/s1. The van der Waals surface area contributed by atoms with Gasteiger partial charge in [0.15, 0.2) is 5.82 Å². The van der Waals surface area contributed by atoms with E-state index in [0.717, 1.165) is 45.8 Å². The summed E-state index contributed by atoms with van der Waals surface area (Å²) in [6.07, 6.45) is 8.05. The Labute approximate surface area is 181 Å². The molecule has 0 aliphatic carbocycles. The highest BCUT2D eigenvalue weighted by Crippen LogP contribution is 2.32. The molecule has 2 atom stereocenters. The average Bonchev–Trinajstić information content (AvgIpc) is 3.49. The lowest BCUT2D eigenvalue weighted by molar-refractivity contribution is 0.576. The van der Waals surface area contributed by atoms with Crippen molar-refractivity contribution in [2.45, 2.75) is 18.5 Å². The van der Waals surface area contributed by atoms with E-state index in [-0.39, 0.29) is 0 Å². The molecule has 30 heavy (non-hydrogen) atoms. The smallest absolute Gasteiger partial charge is 0.162 e. The minimum atomic E-state index is 0.523. The second-order valence-electron chi connectivity index (χ2n) is 7.66. The molecule has 8 nitrogen and oxygen atoms in total. The number of halogens is 1. The molecule has 2 fully saturated rings. The Morgan fingerprint density at radius 1 is 1.10 bits per heavy atom. The topological polar surface area (TPSA) is 83.8 Å². The summed E-state index contributed by atoms with van der Waals surface area (Å²) in [7, 11) is 0. The maximum absolute atomic E-state index is 4.87. The summed E-state index contributed by atoms with van der Waals surface area (Å²) >= 11 is 3.59. The molecule has 0 unspecified atom stereocenters. The highest BCUT2D eigenvalue weighted by molar-refractivity contribution is 9.10. The summed E-state index contributed by atoms with van der Waals surface area (Å²) in [5.41, 5.74) is 1.98. The van der Waals surface area contributed by atoms with E-state index in [0.29, 0.717) is 17.9 Å². The van der Waals surface area contributed by atoms with Crippen molar-refractivity contribution in [3.8, 4) is 5.69 Å². The van der Waals surface area contributed by atoms with E-state index in [1.807, 2.05) is 23.0 Å². The molecular formula is C21H19BrN8. The lowest BCUT2D eigenvalue weighted by atomic mass is 10.2. The maximum atomic E-state index is 4.87. The number of anilines is 3. The van der Waals surface area contributed by atoms with E-state index in [1.165, 1.54) is 6.42 Å². The number of hydrogen-bond donors (Lipinski definition) is 2. The lowest BCUT2D eigenvalue weighted by Gasteiger charge is -2.28. The van der Waals surface area contributed by atoms with Gasteiger partial charge in [-0.2, -0.15) is 0 Å². The highest BCUT2D eigenvalue weighted by atomic mass is 79.9. The quantitative estimate of drug-likeness (QED) is 0.481. The molecule has 3 aromatic heterocycles. The zero-order valence-corrected chi connectivity index (χ0v) is 17.6. The van der Waals surface area contributed by atoms with Gasteiger partial charge in [-0.05, 0) is 30.7 Å². The van der Waals surface area contributed by atoms with Crippen molar-refractivity contribution in [2.24, 2.45) is 0 Å². The van der Waals surface area contributed by atoms with Crippen molar-refractivity contribution >= 4 is 44.3 Å².